The minimum Gasteiger partial charge on any atom is -0.496 e. The zero-order valence-electron chi connectivity index (χ0n) is 14.5. The van der Waals surface area contributed by atoms with Gasteiger partial charge in [0.2, 0.25) is 0 Å². The number of hydrogen-bond donors (Lipinski definition) is 1. The number of carbonyl (C=O) groups is 1. The highest BCUT2D eigenvalue weighted by atomic mass is 16.5. The molecule has 0 amide bonds. The smallest absolute Gasteiger partial charge is 0.176 e. The summed E-state index contributed by atoms with van der Waals surface area (Å²) in [6, 6.07) is 5.56. The van der Waals surface area contributed by atoms with E-state index in [0.717, 1.165) is 23.3 Å². The molecule has 3 heteroatoms. The molecule has 0 radical (unpaired) electrons. The van der Waals surface area contributed by atoms with E-state index in [1.165, 1.54) is 0 Å². The van der Waals surface area contributed by atoms with Gasteiger partial charge < -0.3 is 10.1 Å². The van der Waals surface area contributed by atoms with Crippen LogP contribution in [0, 0.1) is 12.3 Å². The van der Waals surface area contributed by atoms with Gasteiger partial charge in [0, 0.05) is 11.1 Å². The summed E-state index contributed by atoms with van der Waals surface area (Å²) in [5, 5.41) is 3.38. The van der Waals surface area contributed by atoms with E-state index in [2.05, 4.69) is 39.9 Å². The molecule has 0 heterocycles. The fraction of sp³-hybridized carbons (Fsp3) is 0.611. The van der Waals surface area contributed by atoms with Crippen LogP contribution in [-0.4, -0.2) is 25.0 Å². The van der Waals surface area contributed by atoms with Gasteiger partial charge in [-0.05, 0) is 56.4 Å². The van der Waals surface area contributed by atoms with Crippen molar-refractivity contribution in [2.45, 2.75) is 53.5 Å². The van der Waals surface area contributed by atoms with Crippen LogP contribution in [-0.2, 0) is 0 Å². The number of methoxy groups -OCH3 is 1. The number of benzene rings is 1. The molecule has 0 spiro atoms. The molecule has 0 aliphatic rings. The Morgan fingerprint density at radius 3 is 2.29 bits per heavy atom. The summed E-state index contributed by atoms with van der Waals surface area (Å²) in [5.41, 5.74) is 1.88. The maximum atomic E-state index is 12.3. The molecule has 0 aliphatic heterocycles. The molecule has 0 saturated carbocycles. The second-order valence-corrected chi connectivity index (χ2v) is 7.58. The number of carbonyl (C=O) groups excluding carboxylic acids is 1. The quantitative estimate of drug-likeness (QED) is 0.805. The summed E-state index contributed by atoms with van der Waals surface area (Å²) < 4.78 is 5.22. The van der Waals surface area contributed by atoms with Gasteiger partial charge in [0.25, 0.3) is 0 Å². The van der Waals surface area contributed by atoms with Crippen LogP contribution >= 0.6 is 0 Å². The minimum absolute atomic E-state index is 0.0601. The first kappa shape index (κ1) is 17.7. The van der Waals surface area contributed by atoms with Gasteiger partial charge in [0.15, 0.2) is 5.78 Å². The molecule has 1 rings (SSSR count). The van der Waals surface area contributed by atoms with E-state index >= 15 is 0 Å². The molecular weight excluding hydrogens is 262 g/mol. The first-order valence-electron chi connectivity index (χ1n) is 7.47. The molecule has 21 heavy (non-hydrogen) atoms. The largest absolute Gasteiger partial charge is 0.496 e. The van der Waals surface area contributed by atoms with Gasteiger partial charge in [-0.1, -0.05) is 20.8 Å². The maximum absolute atomic E-state index is 12.3. The highest BCUT2D eigenvalue weighted by Gasteiger charge is 2.25. The van der Waals surface area contributed by atoms with E-state index in [9.17, 15) is 4.79 Å². The van der Waals surface area contributed by atoms with Crippen molar-refractivity contribution in [3.05, 3.63) is 29.3 Å². The predicted octanol–water partition coefficient (Wildman–Crippen LogP) is 3.99. The summed E-state index contributed by atoms with van der Waals surface area (Å²) >= 11 is 0. The Balaban J connectivity index is 2.67. The highest BCUT2D eigenvalue weighted by Crippen LogP contribution is 2.26. The Bertz CT molecular complexity index is 498. The Kier molecular flexibility index (Phi) is 5.57. The van der Waals surface area contributed by atoms with Crippen LogP contribution in [0.15, 0.2) is 18.2 Å². The minimum atomic E-state index is -0.0601. The average Bonchev–Trinajstić information content (AvgIpc) is 2.33. The summed E-state index contributed by atoms with van der Waals surface area (Å²) in [6.45, 7) is 13.2. The third-order valence-electron chi connectivity index (χ3n) is 3.42. The number of Topliss-reactive ketones (excluding diaryl/α,β-unsaturated/α-hetero) is 1. The molecule has 1 aromatic carbocycles. The number of rotatable bonds is 6. The van der Waals surface area contributed by atoms with Crippen LogP contribution in [0.3, 0.4) is 0 Å². The Hall–Kier alpha value is -1.35. The fourth-order valence-electron chi connectivity index (χ4n) is 2.86. The van der Waals surface area contributed by atoms with E-state index in [-0.39, 0.29) is 16.7 Å². The first-order chi connectivity index (χ1) is 9.54. The Morgan fingerprint density at radius 1 is 1.19 bits per heavy atom. The monoisotopic (exact) mass is 291 g/mol. The summed E-state index contributed by atoms with van der Waals surface area (Å²) in [4.78, 5) is 12.3. The van der Waals surface area contributed by atoms with Crippen molar-refractivity contribution in [1.82, 2.24) is 5.32 Å². The molecule has 0 atom stereocenters. The van der Waals surface area contributed by atoms with Crippen molar-refractivity contribution in [3.8, 4) is 5.75 Å². The number of nitrogens with one attached hydrogen (secondary N) is 1. The van der Waals surface area contributed by atoms with Crippen molar-refractivity contribution >= 4 is 5.78 Å². The number of aryl methyl sites for hydroxylation is 1. The van der Waals surface area contributed by atoms with Crippen molar-refractivity contribution in [1.29, 1.82) is 0 Å². The van der Waals surface area contributed by atoms with Gasteiger partial charge in [-0.3, -0.25) is 4.79 Å². The number of ketones is 1. The molecule has 0 aliphatic carbocycles. The Labute approximate surface area is 129 Å². The van der Waals surface area contributed by atoms with E-state index in [1.807, 2.05) is 25.1 Å². The van der Waals surface area contributed by atoms with Crippen molar-refractivity contribution in [3.63, 3.8) is 0 Å². The lowest BCUT2D eigenvalue weighted by molar-refractivity contribution is 0.0973. The maximum Gasteiger partial charge on any atom is 0.176 e. The second-order valence-electron chi connectivity index (χ2n) is 7.58. The van der Waals surface area contributed by atoms with Crippen LogP contribution in [0.5, 0.6) is 5.75 Å². The van der Waals surface area contributed by atoms with Gasteiger partial charge in [0.05, 0.1) is 13.7 Å². The molecule has 0 aromatic heterocycles. The normalized spacial score (nSPS) is 12.3. The summed E-state index contributed by atoms with van der Waals surface area (Å²) in [7, 11) is 1.64. The second kappa shape index (κ2) is 6.61. The van der Waals surface area contributed by atoms with E-state index in [0.29, 0.717) is 6.54 Å². The van der Waals surface area contributed by atoms with Crippen LogP contribution < -0.4 is 10.1 Å². The van der Waals surface area contributed by atoms with Gasteiger partial charge in [-0.25, -0.2) is 0 Å². The van der Waals surface area contributed by atoms with Crippen LogP contribution in [0.2, 0.25) is 0 Å². The molecule has 0 bridgehead atoms. The van der Waals surface area contributed by atoms with E-state index in [1.54, 1.807) is 7.11 Å². The van der Waals surface area contributed by atoms with Crippen molar-refractivity contribution in [2.75, 3.05) is 13.7 Å². The van der Waals surface area contributed by atoms with Gasteiger partial charge in [-0.15, -0.1) is 0 Å². The van der Waals surface area contributed by atoms with Gasteiger partial charge in [0.1, 0.15) is 5.75 Å². The Morgan fingerprint density at radius 2 is 1.81 bits per heavy atom. The lowest BCUT2D eigenvalue weighted by Gasteiger charge is -2.33. The van der Waals surface area contributed by atoms with Crippen molar-refractivity contribution in [2.24, 2.45) is 5.41 Å². The summed E-state index contributed by atoms with van der Waals surface area (Å²) in [6.07, 6.45) is 1.01. The molecule has 1 aromatic rings. The topological polar surface area (TPSA) is 38.3 Å². The van der Waals surface area contributed by atoms with Crippen molar-refractivity contribution < 1.29 is 9.53 Å². The SMILES string of the molecule is COc1ccc(C(=O)CNC(C)(C)CC(C)(C)C)cc1C. The number of ether oxygens (including phenoxy) is 1. The highest BCUT2D eigenvalue weighted by molar-refractivity contribution is 5.98. The molecule has 3 nitrogen and oxygen atoms in total. The molecule has 0 saturated heterocycles. The molecule has 0 unspecified atom stereocenters. The van der Waals surface area contributed by atoms with Crippen LogP contribution in [0.1, 0.15) is 57.0 Å². The molecule has 1 N–H and O–H groups in total. The average molecular weight is 291 g/mol. The fourth-order valence-corrected chi connectivity index (χ4v) is 2.86. The van der Waals surface area contributed by atoms with Crippen LogP contribution in [0.25, 0.3) is 0 Å². The first-order valence-corrected chi connectivity index (χ1v) is 7.47. The van der Waals surface area contributed by atoms with Gasteiger partial charge >= 0.3 is 0 Å². The zero-order chi connectivity index (χ0) is 16.3. The predicted molar refractivity (Wildman–Crippen MR) is 88.2 cm³/mol. The van der Waals surface area contributed by atoms with Crippen LogP contribution in [0.4, 0.5) is 0 Å². The standard InChI is InChI=1S/C18H29NO2/c1-13-10-14(8-9-16(13)21-7)15(20)11-19-18(5,6)12-17(2,3)4/h8-10,19H,11-12H2,1-7H3. The third-order valence-corrected chi connectivity index (χ3v) is 3.42. The lowest BCUT2D eigenvalue weighted by Crippen LogP contribution is -2.44. The zero-order valence-corrected chi connectivity index (χ0v) is 14.5. The van der Waals surface area contributed by atoms with E-state index < -0.39 is 0 Å². The third kappa shape index (κ3) is 5.88. The lowest BCUT2D eigenvalue weighted by atomic mass is 9.82. The number of hydrogen-bond acceptors (Lipinski definition) is 3. The molecule has 0 fully saturated rings. The summed E-state index contributed by atoms with van der Waals surface area (Å²) in [5.74, 6) is 0.926. The molecular formula is C18H29NO2. The molecule has 118 valence electrons. The van der Waals surface area contributed by atoms with Gasteiger partial charge in [-0.2, -0.15) is 0 Å². The van der Waals surface area contributed by atoms with E-state index in [4.69, 9.17) is 4.74 Å².